The summed E-state index contributed by atoms with van der Waals surface area (Å²) < 4.78 is 11.1. The number of ether oxygens (including phenoxy) is 2. The van der Waals surface area contributed by atoms with Crippen molar-refractivity contribution >= 4 is 33.6 Å². The molecule has 33 heavy (non-hydrogen) atoms. The number of benzene rings is 1. The summed E-state index contributed by atoms with van der Waals surface area (Å²) in [6, 6.07) is 10.5. The summed E-state index contributed by atoms with van der Waals surface area (Å²) in [4.78, 5) is 17.8. The topological polar surface area (TPSA) is 74.6 Å². The minimum atomic E-state index is -0.0862. The molecule has 0 fully saturated rings. The van der Waals surface area contributed by atoms with Crippen LogP contribution in [-0.4, -0.2) is 38.1 Å². The molecule has 0 bridgehead atoms. The normalized spacial score (nSPS) is 17.2. The summed E-state index contributed by atoms with van der Waals surface area (Å²) in [5.41, 5.74) is 4.13. The van der Waals surface area contributed by atoms with Crippen LogP contribution < -0.4 is 14.8 Å². The van der Waals surface area contributed by atoms with Crippen molar-refractivity contribution in [3.8, 4) is 17.6 Å². The zero-order chi connectivity index (χ0) is 22.9. The number of carbonyl (C=O) groups excluding carboxylic acids is 1. The first-order valence-electron chi connectivity index (χ1n) is 11.0. The van der Waals surface area contributed by atoms with Crippen molar-refractivity contribution in [2.24, 2.45) is 0 Å². The monoisotopic (exact) mass is 479 g/mol. The molecule has 6 nitrogen and oxygen atoms in total. The van der Waals surface area contributed by atoms with E-state index in [1.807, 2.05) is 12.1 Å². The average Bonchev–Trinajstić information content (AvgIpc) is 3.56. The van der Waals surface area contributed by atoms with E-state index in [4.69, 9.17) is 9.47 Å². The van der Waals surface area contributed by atoms with Crippen molar-refractivity contribution in [3.05, 3.63) is 61.7 Å². The molecular weight excluding hydrogens is 454 g/mol. The smallest absolute Gasteiger partial charge is 0.239 e. The van der Waals surface area contributed by atoms with Gasteiger partial charge in [-0.1, -0.05) is 6.07 Å². The lowest BCUT2D eigenvalue weighted by Crippen LogP contribution is -2.40. The number of methoxy groups -OCH3 is 2. The summed E-state index contributed by atoms with van der Waals surface area (Å²) in [5, 5.41) is 15.5. The van der Waals surface area contributed by atoms with Crippen LogP contribution in [0.5, 0.6) is 11.5 Å². The number of fused-ring (bicyclic) bond motifs is 2. The Morgan fingerprint density at radius 2 is 2.06 bits per heavy atom. The molecule has 2 aliphatic rings. The highest BCUT2D eigenvalue weighted by Crippen LogP contribution is 2.42. The predicted molar refractivity (Wildman–Crippen MR) is 131 cm³/mol. The zero-order valence-corrected chi connectivity index (χ0v) is 20.3. The van der Waals surface area contributed by atoms with Gasteiger partial charge in [0.1, 0.15) is 11.1 Å². The SMILES string of the molecule is COc1cc2c(cc1OC)C(c1cccs1)N(CC(=O)Nc1sc3c(c1C#N)CCC3)CC2. The van der Waals surface area contributed by atoms with Crippen molar-refractivity contribution in [3.63, 3.8) is 0 Å². The highest BCUT2D eigenvalue weighted by molar-refractivity contribution is 7.16. The standard InChI is InChI=1S/C25H25N3O3S2/c1-30-19-11-15-8-9-28(24(22-7-4-10-32-22)17(15)12-20(19)31-2)14-23(29)27-25-18(13-26)16-5-3-6-21(16)33-25/h4,7,10-12,24H,3,5-6,8-9,14H2,1-2H3,(H,27,29). The molecule has 1 unspecified atom stereocenters. The first-order valence-corrected chi connectivity index (χ1v) is 12.7. The van der Waals surface area contributed by atoms with E-state index in [1.54, 1.807) is 36.9 Å². The zero-order valence-electron chi connectivity index (χ0n) is 18.6. The van der Waals surface area contributed by atoms with E-state index >= 15 is 0 Å². The molecule has 2 aromatic heterocycles. The van der Waals surface area contributed by atoms with Crippen LogP contribution in [0.25, 0.3) is 0 Å². The van der Waals surface area contributed by atoms with Crippen molar-refractivity contribution < 1.29 is 14.3 Å². The Morgan fingerprint density at radius 1 is 1.24 bits per heavy atom. The molecule has 3 heterocycles. The second-order valence-corrected chi connectivity index (χ2v) is 10.4. The molecule has 0 spiro atoms. The van der Waals surface area contributed by atoms with Gasteiger partial charge in [-0.05, 0) is 66.0 Å². The third-order valence-corrected chi connectivity index (χ3v) is 8.55. The summed E-state index contributed by atoms with van der Waals surface area (Å²) in [7, 11) is 3.29. The molecule has 1 amide bonds. The maximum absolute atomic E-state index is 13.1. The van der Waals surface area contributed by atoms with E-state index in [0.29, 0.717) is 16.3 Å². The number of aryl methyl sites for hydroxylation is 1. The van der Waals surface area contributed by atoms with Gasteiger partial charge in [-0.2, -0.15) is 5.26 Å². The van der Waals surface area contributed by atoms with E-state index in [0.717, 1.165) is 49.1 Å². The largest absolute Gasteiger partial charge is 0.493 e. The van der Waals surface area contributed by atoms with Gasteiger partial charge >= 0.3 is 0 Å². The van der Waals surface area contributed by atoms with Gasteiger partial charge in [-0.15, -0.1) is 22.7 Å². The fraction of sp³-hybridized carbons (Fsp3) is 0.360. The summed E-state index contributed by atoms with van der Waals surface area (Å²) in [6.07, 6.45) is 3.84. The number of nitriles is 1. The highest BCUT2D eigenvalue weighted by atomic mass is 32.1. The third-order valence-electron chi connectivity index (χ3n) is 6.42. The fourth-order valence-corrected chi connectivity index (χ4v) is 7.04. The summed E-state index contributed by atoms with van der Waals surface area (Å²) in [6.45, 7) is 1.01. The predicted octanol–water partition coefficient (Wildman–Crippen LogP) is 4.77. The lowest BCUT2D eigenvalue weighted by Gasteiger charge is -2.36. The number of rotatable bonds is 6. The van der Waals surface area contributed by atoms with E-state index < -0.39 is 0 Å². The molecule has 0 saturated carbocycles. The first-order chi connectivity index (χ1) is 16.1. The second-order valence-electron chi connectivity index (χ2n) is 8.27. The first kappa shape index (κ1) is 22.0. The summed E-state index contributed by atoms with van der Waals surface area (Å²) in [5.74, 6) is 1.33. The van der Waals surface area contributed by atoms with E-state index in [-0.39, 0.29) is 18.5 Å². The third kappa shape index (κ3) is 4.01. The molecule has 1 aliphatic carbocycles. The van der Waals surface area contributed by atoms with E-state index in [2.05, 4.69) is 33.8 Å². The van der Waals surface area contributed by atoms with Gasteiger partial charge in [0.05, 0.1) is 32.4 Å². The molecule has 1 aliphatic heterocycles. The van der Waals surface area contributed by atoms with E-state index in [1.165, 1.54) is 15.3 Å². The number of hydrogen-bond acceptors (Lipinski definition) is 7. The van der Waals surface area contributed by atoms with Crippen LogP contribution in [0.3, 0.4) is 0 Å². The molecule has 8 heteroatoms. The van der Waals surface area contributed by atoms with Crippen molar-refractivity contribution in [1.82, 2.24) is 4.90 Å². The Bertz CT molecular complexity index is 1230. The minimum Gasteiger partial charge on any atom is -0.493 e. The molecule has 1 aromatic carbocycles. The van der Waals surface area contributed by atoms with Gasteiger partial charge in [0.2, 0.25) is 5.91 Å². The number of thiophene rings is 2. The van der Waals surface area contributed by atoms with Crippen molar-refractivity contribution in [2.75, 3.05) is 32.6 Å². The quantitative estimate of drug-likeness (QED) is 0.551. The van der Waals surface area contributed by atoms with Gasteiger partial charge in [0.15, 0.2) is 11.5 Å². The molecule has 5 rings (SSSR count). The minimum absolute atomic E-state index is 0.0388. The maximum atomic E-state index is 13.1. The van der Waals surface area contributed by atoms with Gasteiger partial charge in [-0.3, -0.25) is 9.69 Å². The molecule has 1 N–H and O–H groups in total. The van der Waals surface area contributed by atoms with Gasteiger partial charge < -0.3 is 14.8 Å². The maximum Gasteiger partial charge on any atom is 0.239 e. The fourth-order valence-electron chi connectivity index (χ4n) is 4.91. The van der Waals surface area contributed by atoms with E-state index in [9.17, 15) is 10.1 Å². The Hall–Kier alpha value is -2.86. The number of nitrogens with zero attached hydrogens (tertiary/aromatic N) is 2. The van der Waals surface area contributed by atoms with Gasteiger partial charge in [0, 0.05) is 16.3 Å². The van der Waals surface area contributed by atoms with Crippen LogP contribution >= 0.6 is 22.7 Å². The van der Waals surface area contributed by atoms with Crippen LogP contribution in [0.15, 0.2) is 29.6 Å². The Balaban J connectivity index is 1.43. The van der Waals surface area contributed by atoms with Crippen molar-refractivity contribution in [2.45, 2.75) is 31.7 Å². The Labute approximate surface area is 201 Å². The molecular formula is C25H25N3O3S2. The number of carbonyl (C=O) groups is 1. The lowest BCUT2D eigenvalue weighted by atomic mass is 9.91. The van der Waals surface area contributed by atoms with Gasteiger partial charge in [0.25, 0.3) is 0 Å². The number of hydrogen-bond donors (Lipinski definition) is 1. The Morgan fingerprint density at radius 3 is 2.79 bits per heavy atom. The van der Waals surface area contributed by atoms with Crippen LogP contribution in [0.1, 0.15) is 44.5 Å². The molecule has 1 atom stereocenters. The van der Waals surface area contributed by atoms with Crippen LogP contribution in [0.2, 0.25) is 0 Å². The van der Waals surface area contributed by atoms with Gasteiger partial charge in [-0.25, -0.2) is 0 Å². The van der Waals surface area contributed by atoms with Crippen LogP contribution in [0.4, 0.5) is 5.00 Å². The number of anilines is 1. The summed E-state index contributed by atoms with van der Waals surface area (Å²) >= 11 is 3.25. The average molecular weight is 480 g/mol. The lowest BCUT2D eigenvalue weighted by molar-refractivity contribution is -0.117. The Kier molecular flexibility index (Phi) is 6.11. The van der Waals surface area contributed by atoms with Crippen molar-refractivity contribution in [1.29, 1.82) is 5.26 Å². The number of amides is 1. The molecule has 3 aromatic rings. The molecule has 0 radical (unpaired) electrons. The molecule has 170 valence electrons. The highest BCUT2D eigenvalue weighted by Gasteiger charge is 2.32. The number of nitrogens with one attached hydrogen (secondary N) is 1. The molecule has 0 saturated heterocycles. The second kappa shape index (κ2) is 9.18. The van der Waals surface area contributed by atoms with Crippen LogP contribution in [-0.2, 0) is 24.1 Å². The van der Waals surface area contributed by atoms with Crippen LogP contribution in [0, 0.1) is 11.3 Å².